The van der Waals surface area contributed by atoms with Crippen LogP contribution in [0.2, 0.25) is 0 Å². The molecule has 1 fully saturated rings. The second-order valence-electron chi connectivity index (χ2n) is 7.60. The molecule has 1 atom stereocenters. The molecule has 1 aromatic heterocycles. The molecule has 2 aliphatic rings. The summed E-state index contributed by atoms with van der Waals surface area (Å²) in [6.07, 6.45) is 8.99. The number of aromatic nitrogens is 1. The molecule has 138 valence electrons. The van der Waals surface area contributed by atoms with Gasteiger partial charge in [-0.25, -0.2) is 0 Å². The maximum absolute atomic E-state index is 4.57. The molecule has 1 saturated heterocycles. The van der Waals surface area contributed by atoms with Crippen LogP contribution in [-0.4, -0.2) is 44.3 Å². The van der Waals surface area contributed by atoms with Crippen molar-refractivity contribution in [2.75, 3.05) is 43.0 Å². The number of aryl methyl sites for hydroxylation is 1. The van der Waals surface area contributed by atoms with Crippen LogP contribution in [0.25, 0.3) is 11.1 Å². The summed E-state index contributed by atoms with van der Waals surface area (Å²) in [5.41, 5.74) is 6.63. The summed E-state index contributed by atoms with van der Waals surface area (Å²) in [5.74, 6) is 0. The van der Waals surface area contributed by atoms with Gasteiger partial charge < -0.3 is 15.1 Å². The summed E-state index contributed by atoms with van der Waals surface area (Å²) in [4.78, 5) is 9.48. The number of likely N-dealkylation sites (N-methyl/N-ethyl adjacent to an activating group) is 1. The monoisotopic (exact) mass is 350 g/mol. The Morgan fingerprint density at radius 3 is 2.92 bits per heavy atom. The van der Waals surface area contributed by atoms with E-state index in [4.69, 9.17) is 0 Å². The van der Waals surface area contributed by atoms with Crippen LogP contribution in [0.4, 0.5) is 11.4 Å². The average Bonchev–Trinajstić information content (AvgIpc) is 3.15. The highest BCUT2D eigenvalue weighted by molar-refractivity contribution is 5.71. The Morgan fingerprint density at radius 1 is 1.12 bits per heavy atom. The van der Waals surface area contributed by atoms with E-state index in [0.29, 0.717) is 6.04 Å². The quantitative estimate of drug-likeness (QED) is 0.891. The third-order valence-electron chi connectivity index (χ3n) is 5.83. The molecule has 1 aromatic carbocycles. The number of nitrogens with one attached hydrogen (secondary N) is 1. The molecule has 1 N–H and O–H groups in total. The van der Waals surface area contributed by atoms with E-state index in [1.165, 1.54) is 53.7 Å². The van der Waals surface area contributed by atoms with Gasteiger partial charge >= 0.3 is 0 Å². The Morgan fingerprint density at radius 2 is 2.04 bits per heavy atom. The van der Waals surface area contributed by atoms with E-state index in [1.54, 1.807) is 0 Å². The first-order valence-corrected chi connectivity index (χ1v) is 10.0. The summed E-state index contributed by atoms with van der Waals surface area (Å²) >= 11 is 0. The van der Waals surface area contributed by atoms with Crippen molar-refractivity contribution in [1.29, 1.82) is 0 Å². The zero-order valence-electron chi connectivity index (χ0n) is 16.0. The molecule has 2 aliphatic heterocycles. The molecule has 4 nitrogen and oxygen atoms in total. The molecule has 3 heterocycles. The van der Waals surface area contributed by atoms with Crippen molar-refractivity contribution >= 4 is 11.4 Å². The highest BCUT2D eigenvalue weighted by Gasteiger charge is 2.24. The van der Waals surface area contributed by atoms with Gasteiger partial charge in [-0.3, -0.25) is 4.98 Å². The summed E-state index contributed by atoms with van der Waals surface area (Å²) in [7, 11) is 2.19. The lowest BCUT2D eigenvalue weighted by Crippen LogP contribution is -2.38. The molecule has 4 rings (SSSR count). The van der Waals surface area contributed by atoms with E-state index in [1.807, 2.05) is 12.4 Å². The predicted molar refractivity (Wildman–Crippen MR) is 110 cm³/mol. The fourth-order valence-electron chi connectivity index (χ4n) is 4.41. The Bertz CT molecular complexity index is 758. The standard InChI is InChI=1S/C22H30N4/c1-3-23-15-20-7-5-11-26(20)21-13-19(14-24-16-21)17-8-9-22-18(12-17)6-4-10-25(22)2/h8-9,12-14,16,20,23H,3-7,10-11,15H2,1-2H3/t20-/m0/s1. The van der Waals surface area contributed by atoms with E-state index >= 15 is 0 Å². The van der Waals surface area contributed by atoms with Gasteiger partial charge in [0, 0.05) is 50.2 Å². The molecule has 0 spiro atoms. The van der Waals surface area contributed by atoms with E-state index in [-0.39, 0.29) is 0 Å². The van der Waals surface area contributed by atoms with Crippen LogP contribution in [0.5, 0.6) is 0 Å². The lowest BCUT2D eigenvalue weighted by molar-refractivity contribution is 0.587. The van der Waals surface area contributed by atoms with Crippen molar-refractivity contribution in [2.45, 2.75) is 38.6 Å². The highest BCUT2D eigenvalue weighted by atomic mass is 15.2. The number of pyridine rings is 1. The topological polar surface area (TPSA) is 31.4 Å². The molecule has 0 saturated carbocycles. The van der Waals surface area contributed by atoms with Crippen molar-refractivity contribution in [3.63, 3.8) is 0 Å². The van der Waals surface area contributed by atoms with Crippen LogP contribution < -0.4 is 15.1 Å². The Hall–Kier alpha value is -2.07. The van der Waals surface area contributed by atoms with Gasteiger partial charge in [-0.05, 0) is 61.6 Å². The first-order chi connectivity index (χ1) is 12.8. The number of rotatable bonds is 5. The molecular weight excluding hydrogens is 320 g/mol. The minimum Gasteiger partial charge on any atom is -0.374 e. The van der Waals surface area contributed by atoms with E-state index in [0.717, 1.165) is 26.2 Å². The number of benzene rings is 1. The minimum atomic E-state index is 0.587. The summed E-state index contributed by atoms with van der Waals surface area (Å²) in [6.45, 7) is 6.56. The Kier molecular flexibility index (Phi) is 5.11. The lowest BCUT2D eigenvalue weighted by Gasteiger charge is -2.28. The predicted octanol–water partition coefficient (Wildman–Crippen LogP) is 3.71. The number of anilines is 2. The molecule has 0 radical (unpaired) electrons. The van der Waals surface area contributed by atoms with Gasteiger partial charge in [-0.2, -0.15) is 0 Å². The molecule has 2 aromatic rings. The van der Waals surface area contributed by atoms with Gasteiger partial charge in [0.05, 0.1) is 11.9 Å². The SMILES string of the molecule is CCNC[C@@H]1CCCN1c1cncc(-c2ccc3c(c2)CCCN3C)c1. The third kappa shape index (κ3) is 3.43. The summed E-state index contributed by atoms with van der Waals surface area (Å²) < 4.78 is 0. The smallest absolute Gasteiger partial charge is 0.0561 e. The molecule has 4 heteroatoms. The van der Waals surface area contributed by atoms with Crippen LogP contribution in [0, 0.1) is 0 Å². The van der Waals surface area contributed by atoms with Crippen molar-refractivity contribution in [3.8, 4) is 11.1 Å². The van der Waals surface area contributed by atoms with Crippen molar-refractivity contribution in [1.82, 2.24) is 10.3 Å². The molecule has 0 bridgehead atoms. The van der Waals surface area contributed by atoms with Crippen LogP contribution in [0.15, 0.2) is 36.7 Å². The van der Waals surface area contributed by atoms with Crippen molar-refractivity contribution in [2.24, 2.45) is 0 Å². The highest BCUT2D eigenvalue weighted by Crippen LogP contribution is 2.33. The van der Waals surface area contributed by atoms with Gasteiger partial charge in [-0.1, -0.05) is 13.0 Å². The average molecular weight is 351 g/mol. The Balaban J connectivity index is 1.60. The number of hydrogen-bond donors (Lipinski definition) is 1. The van der Waals surface area contributed by atoms with Crippen molar-refractivity contribution in [3.05, 3.63) is 42.2 Å². The summed E-state index contributed by atoms with van der Waals surface area (Å²) in [5, 5.41) is 3.51. The molecular formula is C22H30N4. The van der Waals surface area contributed by atoms with E-state index < -0.39 is 0 Å². The van der Waals surface area contributed by atoms with E-state index in [9.17, 15) is 0 Å². The fourth-order valence-corrected chi connectivity index (χ4v) is 4.41. The second-order valence-corrected chi connectivity index (χ2v) is 7.60. The molecule has 26 heavy (non-hydrogen) atoms. The number of fused-ring (bicyclic) bond motifs is 1. The van der Waals surface area contributed by atoms with Gasteiger partial charge in [0.25, 0.3) is 0 Å². The normalized spacial score (nSPS) is 19.7. The maximum atomic E-state index is 4.57. The molecule has 0 unspecified atom stereocenters. The molecule has 0 aliphatic carbocycles. The largest absolute Gasteiger partial charge is 0.374 e. The number of nitrogens with zero attached hydrogens (tertiary/aromatic N) is 3. The van der Waals surface area contributed by atoms with Crippen LogP contribution in [0.1, 0.15) is 31.7 Å². The van der Waals surface area contributed by atoms with Crippen LogP contribution in [0.3, 0.4) is 0 Å². The first kappa shape index (κ1) is 17.3. The van der Waals surface area contributed by atoms with Gasteiger partial charge in [0.2, 0.25) is 0 Å². The number of hydrogen-bond acceptors (Lipinski definition) is 4. The fraction of sp³-hybridized carbons (Fsp3) is 0.500. The zero-order chi connectivity index (χ0) is 17.9. The van der Waals surface area contributed by atoms with Gasteiger partial charge in [-0.15, -0.1) is 0 Å². The first-order valence-electron chi connectivity index (χ1n) is 10.0. The zero-order valence-corrected chi connectivity index (χ0v) is 16.0. The Labute approximate surface area is 157 Å². The van der Waals surface area contributed by atoms with Crippen LogP contribution in [-0.2, 0) is 6.42 Å². The van der Waals surface area contributed by atoms with Gasteiger partial charge in [0.1, 0.15) is 0 Å². The van der Waals surface area contributed by atoms with E-state index in [2.05, 4.69) is 58.3 Å². The molecule has 0 amide bonds. The maximum Gasteiger partial charge on any atom is 0.0561 e. The second kappa shape index (κ2) is 7.67. The van der Waals surface area contributed by atoms with Crippen LogP contribution >= 0.6 is 0 Å². The minimum absolute atomic E-state index is 0.587. The van der Waals surface area contributed by atoms with Crippen molar-refractivity contribution < 1.29 is 0 Å². The third-order valence-corrected chi connectivity index (χ3v) is 5.83. The van der Waals surface area contributed by atoms with Gasteiger partial charge in [0.15, 0.2) is 0 Å². The lowest BCUT2D eigenvalue weighted by atomic mass is 9.97. The summed E-state index contributed by atoms with van der Waals surface area (Å²) in [6, 6.07) is 9.81.